The smallest absolute Gasteiger partial charge is 0.317 e. The van der Waals surface area contributed by atoms with Crippen LogP contribution in [0.15, 0.2) is 18.2 Å². The Hall–Kier alpha value is -1.53. The first-order chi connectivity index (χ1) is 10.9. The summed E-state index contributed by atoms with van der Waals surface area (Å²) >= 11 is 5.82. The molecule has 1 saturated heterocycles. The molecule has 2 atom stereocenters. The van der Waals surface area contributed by atoms with E-state index in [4.69, 9.17) is 11.6 Å². The van der Waals surface area contributed by atoms with Crippen molar-refractivity contribution in [1.29, 1.82) is 0 Å². The molecule has 1 fully saturated rings. The third-order valence-corrected chi connectivity index (χ3v) is 4.30. The van der Waals surface area contributed by atoms with Crippen LogP contribution in [0, 0.1) is 5.82 Å². The summed E-state index contributed by atoms with van der Waals surface area (Å²) in [6, 6.07) is 4.55. The molecule has 2 amide bonds. The maximum Gasteiger partial charge on any atom is 0.317 e. The van der Waals surface area contributed by atoms with Crippen LogP contribution in [-0.4, -0.2) is 54.9 Å². The van der Waals surface area contributed by atoms with Gasteiger partial charge in [0.05, 0.1) is 11.1 Å². The summed E-state index contributed by atoms with van der Waals surface area (Å²) in [5.41, 5.74) is 0.857. The summed E-state index contributed by atoms with van der Waals surface area (Å²) in [6.45, 7) is 3.66. The van der Waals surface area contributed by atoms with Crippen molar-refractivity contribution in [2.24, 2.45) is 0 Å². The fourth-order valence-corrected chi connectivity index (χ4v) is 2.74. The molecule has 23 heavy (non-hydrogen) atoms. The summed E-state index contributed by atoms with van der Waals surface area (Å²) in [6.07, 6.45) is 0.954. The monoisotopic (exact) mass is 343 g/mol. The van der Waals surface area contributed by atoms with Gasteiger partial charge in [-0.3, -0.25) is 0 Å². The van der Waals surface area contributed by atoms with E-state index in [1.54, 1.807) is 31.0 Å². The van der Waals surface area contributed by atoms with Crippen molar-refractivity contribution in [2.45, 2.75) is 31.9 Å². The molecule has 128 valence electrons. The van der Waals surface area contributed by atoms with E-state index in [9.17, 15) is 14.3 Å². The molecule has 1 aliphatic rings. The minimum absolute atomic E-state index is 0.0420. The molecule has 0 saturated carbocycles. The first-order valence-electron chi connectivity index (χ1n) is 7.76. The zero-order valence-electron chi connectivity index (χ0n) is 13.4. The van der Waals surface area contributed by atoms with Gasteiger partial charge in [-0.15, -0.1) is 0 Å². The number of aliphatic hydroxyl groups excluding tert-OH is 1. The lowest BCUT2D eigenvalue weighted by atomic mass is 10.2. The predicted molar refractivity (Wildman–Crippen MR) is 89.5 cm³/mol. The van der Waals surface area contributed by atoms with E-state index in [2.05, 4.69) is 10.2 Å². The Morgan fingerprint density at radius 2 is 2.35 bits per heavy atom. The Bertz CT molecular complexity index is 556. The highest BCUT2D eigenvalue weighted by Gasteiger charge is 2.25. The van der Waals surface area contributed by atoms with Gasteiger partial charge in [-0.1, -0.05) is 11.6 Å². The SMILES string of the molecule is CC(O)CCN(C)C(=O)NC1CCN(c2ccc(F)c(Cl)c2)C1. The van der Waals surface area contributed by atoms with Crippen LogP contribution in [0.1, 0.15) is 19.8 Å². The molecule has 1 aromatic rings. The summed E-state index contributed by atoms with van der Waals surface area (Å²) in [5, 5.41) is 12.4. The average Bonchev–Trinajstić information content (AvgIpc) is 2.96. The maximum atomic E-state index is 13.2. The largest absolute Gasteiger partial charge is 0.393 e. The number of carbonyl (C=O) groups excluding carboxylic acids is 1. The van der Waals surface area contributed by atoms with Gasteiger partial charge in [-0.05, 0) is 38.0 Å². The van der Waals surface area contributed by atoms with E-state index in [1.807, 2.05) is 0 Å². The number of carbonyl (C=O) groups is 1. The van der Waals surface area contributed by atoms with Gasteiger partial charge in [0.25, 0.3) is 0 Å². The molecule has 0 aliphatic carbocycles. The quantitative estimate of drug-likeness (QED) is 0.863. The van der Waals surface area contributed by atoms with Crippen molar-refractivity contribution in [3.63, 3.8) is 0 Å². The molecule has 7 heteroatoms. The van der Waals surface area contributed by atoms with Gasteiger partial charge in [-0.2, -0.15) is 0 Å². The average molecular weight is 344 g/mol. The van der Waals surface area contributed by atoms with E-state index < -0.39 is 11.9 Å². The predicted octanol–water partition coefficient (Wildman–Crippen LogP) is 2.47. The number of urea groups is 1. The van der Waals surface area contributed by atoms with Crippen LogP contribution >= 0.6 is 11.6 Å². The molecule has 1 heterocycles. The Morgan fingerprint density at radius 1 is 1.61 bits per heavy atom. The van der Waals surface area contributed by atoms with Crippen LogP contribution in [0.25, 0.3) is 0 Å². The fourth-order valence-electron chi connectivity index (χ4n) is 2.56. The van der Waals surface area contributed by atoms with Crippen molar-refractivity contribution in [3.8, 4) is 0 Å². The summed E-state index contributed by atoms with van der Waals surface area (Å²) in [7, 11) is 1.71. The molecule has 2 N–H and O–H groups in total. The Kier molecular flexibility index (Phi) is 6.07. The van der Waals surface area contributed by atoms with Gasteiger partial charge in [-0.25, -0.2) is 9.18 Å². The van der Waals surface area contributed by atoms with Crippen LogP contribution in [0.3, 0.4) is 0 Å². The molecule has 2 unspecified atom stereocenters. The minimum atomic E-state index is -0.431. The lowest BCUT2D eigenvalue weighted by molar-refractivity contribution is 0.162. The third kappa shape index (κ3) is 4.97. The van der Waals surface area contributed by atoms with E-state index in [0.717, 1.165) is 18.7 Å². The van der Waals surface area contributed by atoms with Crippen molar-refractivity contribution < 1.29 is 14.3 Å². The Labute approximate surface area is 141 Å². The standard InChI is InChI=1S/C16H23ClFN3O2/c1-11(22)5-7-20(2)16(23)19-12-6-8-21(10-12)13-3-4-15(18)14(17)9-13/h3-4,9,11-12,22H,5-8,10H2,1-2H3,(H,19,23). The summed E-state index contributed by atoms with van der Waals surface area (Å²) in [5.74, 6) is -0.431. The van der Waals surface area contributed by atoms with Crippen LogP contribution in [0.5, 0.6) is 0 Å². The first kappa shape index (κ1) is 17.8. The van der Waals surface area contributed by atoms with Crippen molar-refractivity contribution in [3.05, 3.63) is 29.0 Å². The third-order valence-electron chi connectivity index (χ3n) is 4.01. The Morgan fingerprint density at radius 3 is 3.00 bits per heavy atom. The van der Waals surface area contributed by atoms with E-state index in [0.29, 0.717) is 19.5 Å². The summed E-state index contributed by atoms with van der Waals surface area (Å²) < 4.78 is 13.2. The van der Waals surface area contributed by atoms with Crippen molar-refractivity contribution >= 4 is 23.3 Å². The molecule has 0 aromatic heterocycles. The molecular formula is C16H23ClFN3O2. The Balaban J connectivity index is 1.85. The molecule has 5 nitrogen and oxygen atoms in total. The van der Waals surface area contributed by atoms with E-state index >= 15 is 0 Å². The molecule has 0 spiro atoms. The topological polar surface area (TPSA) is 55.8 Å². The van der Waals surface area contributed by atoms with Crippen molar-refractivity contribution in [1.82, 2.24) is 10.2 Å². The number of benzene rings is 1. The second-order valence-corrected chi connectivity index (χ2v) is 6.45. The van der Waals surface area contributed by atoms with E-state index in [-0.39, 0.29) is 17.1 Å². The van der Waals surface area contributed by atoms with Gasteiger partial charge in [0, 0.05) is 38.4 Å². The summed E-state index contributed by atoms with van der Waals surface area (Å²) in [4.78, 5) is 15.7. The molecule has 0 radical (unpaired) electrons. The normalized spacial score (nSPS) is 18.8. The highest BCUT2D eigenvalue weighted by Crippen LogP contribution is 2.25. The van der Waals surface area contributed by atoms with Crippen LogP contribution in [-0.2, 0) is 0 Å². The highest BCUT2D eigenvalue weighted by molar-refractivity contribution is 6.31. The van der Waals surface area contributed by atoms with Gasteiger partial charge in [0.15, 0.2) is 0 Å². The van der Waals surface area contributed by atoms with Gasteiger partial charge in [0.1, 0.15) is 5.82 Å². The molecular weight excluding hydrogens is 321 g/mol. The van der Waals surface area contributed by atoms with Crippen LogP contribution in [0.4, 0.5) is 14.9 Å². The first-order valence-corrected chi connectivity index (χ1v) is 8.14. The lowest BCUT2D eigenvalue weighted by Gasteiger charge is -2.22. The lowest BCUT2D eigenvalue weighted by Crippen LogP contribution is -2.44. The zero-order chi connectivity index (χ0) is 17.0. The number of nitrogens with one attached hydrogen (secondary N) is 1. The molecule has 1 aromatic carbocycles. The van der Waals surface area contributed by atoms with Gasteiger partial charge < -0.3 is 20.2 Å². The maximum absolute atomic E-state index is 13.2. The number of hydrogen-bond acceptors (Lipinski definition) is 3. The van der Waals surface area contributed by atoms with Gasteiger partial charge >= 0.3 is 6.03 Å². The highest BCUT2D eigenvalue weighted by atomic mass is 35.5. The van der Waals surface area contributed by atoms with Crippen LogP contribution in [0.2, 0.25) is 5.02 Å². The minimum Gasteiger partial charge on any atom is -0.393 e. The van der Waals surface area contributed by atoms with Crippen LogP contribution < -0.4 is 10.2 Å². The fraction of sp³-hybridized carbons (Fsp3) is 0.562. The van der Waals surface area contributed by atoms with Gasteiger partial charge in [0.2, 0.25) is 0 Å². The molecule has 2 rings (SSSR count). The number of rotatable bonds is 5. The second kappa shape index (κ2) is 7.84. The number of amides is 2. The number of halogens is 2. The number of hydrogen-bond donors (Lipinski definition) is 2. The van der Waals surface area contributed by atoms with E-state index in [1.165, 1.54) is 6.07 Å². The van der Waals surface area contributed by atoms with Crippen molar-refractivity contribution in [2.75, 3.05) is 31.6 Å². The number of anilines is 1. The molecule has 1 aliphatic heterocycles. The zero-order valence-corrected chi connectivity index (χ0v) is 14.2. The second-order valence-electron chi connectivity index (χ2n) is 6.04. The number of nitrogens with zero attached hydrogens (tertiary/aromatic N) is 2. The molecule has 0 bridgehead atoms. The number of aliphatic hydroxyl groups is 1.